The van der Waals surface area contributed by atoms with Crippen LogP contribution in [0.4, 0.5) is 0 Å². The van der Waals surface area contributed by atoms with Crippen molar-refractivity contribution in [2.75, 3.05) is 7.11 Å². The molecule has 0 amide bonds. The molecule has 0 aliphatic carbocycles. The molecule has 0 atom stereocenters. The average Bonchev–Trinajstić information content (AvgIpc) is 2.18. The zero-order valence-electron chi connectivity index (χ0n) is 9.03. The summed E-state index contributed by atoms with van der Waals surface area (Å²) in [4.78, 5) is 4.12. The second-order valence-electron chi connectivity index (χ2n) is 3.63. The van der Waals surface area contributed by atoms with Gasteiger partial charge in [-0.25, -0.2) is 4.98 Å². The van der Waals surface area contributed by atoms with Gasteiger partial charge in [-0.15, -0.1) is 0 Å². The predicted molar refractivity (Wildman–Crippen MR) is 59.3 cm³/mol. The lowest BCUT2D eigenvalue weighted by Crippen LogP contribution is -1.89. The topological polar surface area (TPSA) is 22.1 Å². The molecule has 2 heteroatoms. The van der Waals surface area contributed by atoms with Crippen LogP contribution in [0.5, 0.6) is 5.88 Å². The summed E-state index contributed by atoms with van der Waals surface area (Å²) in [6.45, 7) is 4.40. The van der Waals surface area contributed by atoms with E-state index in [0.717, 1.165) is 12.0 Å². The summed E-state index contributed by atoms with van der Waals surface area (Å²) < 4.78 is 5.14. The Morgan fingerprint density at radius 2 is 2.29 bits per heavy atom. The van der Waals surface area contributed by atoms with Gasteiger partial charge in [0, 0.05) is 11.8 Å². The van der Waals surface area contributed by atoms with Crippen molar-refractivity contribution in [1.82, 2.24) is 4.98 Å². The van der Waals surface area contributed by atoms with Crippen LogP contribution in [0.1, 0.15) is 25.8 Å². The Hall–Kier alpha value is -1.31. The maximum atomic E-state index is 5.14. The van der Waals surface area contributed by atoms with Crippen molar-refractivity contribution in [3.8, 4) is 5.88 Å². The number of methoxy groups -OCH3 is 1. The van der Waals surface area contributed by atoms with Crippen molar-refractivity contribution in [3.63, 3.8) is 0 Å². The van der Waals surface area contributed by atoms with E-state index in [0.29, 0.717) is 11.8 Å². The first-order valence-electron chi connectivity index (χ1n) is 4.89. The zero-order chi connectivity index (χ0) is 10.4. The van der Waals surface area contributed by atoms with E-state index in [-0.39, 0.29) is 0 Å². The first-order valence-corrected chi connectivity index (χ1v) is 4.89. The monoisotopic (exact) mass is 191 g/mol. The molecule has 0 radical (unpaired) electrons. The standard InChI is InChI=1S/C12H17NO/c1-10(2)6-4-7-11-8-5-9-13-12(11)14-3/h4-5,7-10H,6H2,1-3H3/b7-4+. The number of pyridine rings is 1. The highest BCUT2D eigenvalue weighted by Crippen LogP contribution is 2.16. The van der Waals surface area contributed by atoms with Crippen LogP contribution in [0.25, 0.3) is 6.08 Å². The molecule has 0 spiro atoms. The highest BCUT2D eigenvalue weighted by Gasteiger charge is 1.97. The molecule has 0 bridgehead atoms. The molecule has 1 rings (SSSR count). The molecule has 0 N–H and O–H groups in total. The van der Waals surface area contributed by atoms with Crippen LogP contribution in [0, 0.1) is 5.92 Å². The molecule has 76 valence electrons. The molecule has 0 aliphatic rings. The first-order chi connectivity index (χ1) is 6.74. The van der Waals surface area contributed by atoms with Crippen molar-refractivity contribution >= 4 is 6.08 Å². The summed E-state index contributed by atoms with van der Waals surface area (Å²) >= 11 is 0. The molecule has 0 saturated heterocycles. The van der Waals surface area contributed by atoms with Gasteiger partial charge in [-0.3, -0.25) is 0 Å². The zero-order valence-corrected chi connectivity index (χ0v) is 9.03. The lowest BCUT2D eigenvalue weighted by molar-refractivity contribution is 0.397. The molecule has 14 heavy (non-hydrogen) atoms. The molecule has 0 aromatic carbocycles. The van der Waals surface area contributed by atoms with E-state index >= 15 is 0 Å². The Labute approximate surface area is 85.6 Å². The quantitative estimate of drug-likeness (QED) is 0.729. The van der Waals surface area contributed by atoms with Gasteiger partial charge in [-0.05, 0) is 24.5 Å². The Morgan fingerprint density at radius 1 is 1.50 bits per heavy atom. The highest BCUT2D eigenvalue weighted by atomic mass is 16.5. The normalized spacial score (nSPS) is 11.1. The number of rotatable bonds is 4. The fraction of sp³-hybridized carbons (Fsp3) is 0.417. The Balaban J connectivity index is 2.70. The van der Waals surface area contributed by atoms with E-state index in [1.807, 2.05) is 12.1 Å². The molecule has 1 aromatic rings. The second kappa shape index (κ2) is 5.43. The summed E-state index contributed by atoms with van der Waals surface area (Å²) in [5.41, 5.74) is 1.04. The number of nitrogens with zero attached hydrogens (tertiary/aromatic N) is 1. The molecular weight excluding hydrogens is 174 g/mol. The maximum Gasteiger partial charge on any atom is 0.220 e. The lowest BCUT2D eigenvalue weighted by Gasteiger charge is -2.02. The van der Waals surface area contributed by atoms with E-state index in [1.54, 1.807) is 13.3 Å². The van der Waals surface area contributed by atoms with Crippen LogP contribution in [-0.4, -0.2) is 12.1 Å². The van der Waals surface area contributed by atoms with Crippen molar-refractivity contribution in [1.29, 1.82) is 0 Å². The third kappa shape index (κ3) is 3.21. The lowest BCUT2D eigenvalue weighted by atomic mass is 10.1. The molecule has 0 saturated carbocycles. The Bertz CT molecular complexity index is 305. The van der Waals surface area contributed by atoms with Crippen LogP contribution in [0.15, 0.2) is 24.4 Å². The Kier molecular flexibility index (Phi) is 4.17. The number of ether oxygens (including phenoxy) is 1. The molecular formula is C12H17NO. The van der Waals surface area contributed by atoms with E-state index < -0.39 is 0 Å². The van der Waals surface area contributed by atoms with Gasteiger partial charge in [0.15, 0.2) is 0 Å². The smallest absolute Gasteiger partial charge is 0.220 e. The van der Waals surface area contributed by atoms with Crippen molar-refractivity contribution in [2.45, 2.75) is 20.3 Å². The SMILES string of the molecule is COc1ncccc1/C=C/CC(C)C. The molecule has 0 unspecified atom stereocenters. The summed E-state index contributed by atoms with van der Waals surface area (Å²) in [5, 5.41) is 0. The van der Waals surface area contributed by atoms with Crippen molar-refractivity contribution < 1.29 is 4.74 Å². The minimum absolute atomic E-state index is 0.688. The highest BCUT2D eigenvalue weighted by molar-refractivity contribution is 5.54. The maximum absolute atomic E-state index is 5.14. The van der Waals surface area contributed by atoms with Crippen LogP contribution in [0.3, 0.4) is 0 Å². The van der Waals surface area contributed by atoms with E-state index in [2.05, 4.69) is 31.0 Å². The average molecular weight is 191 g/mol. The predicted octanol–water partition coefficient (Wildman–Crippen LogP) is 3.15. The van der Waals surface area contributed by atoms with Gasteiger partial charge in [0.25, 0.3) is 0 Å². The number of hydrogen-bond donors (Lipinski definition) is 0. The van der Waals surface area contributed by atoms with Crippen molar-refractivity contribution in [3.05, 3.63) is 30.0 Å². The van der Waals surface area contributed by atoms with Crippen LogP contribution in [0.2, 0.25) is 0 Å². The summed E-state index contributed by atoms with van der Waals surface area (Å²) in [6.07, 6.45) is 7.03. The Morgan fingerprint density at radius 3 is 2.93 bits per heavy atom. The van der Waals surface area contributed by atoms with Gasteiger partial charge in [-0.2, -0.15) is 0 Å². The fourth-order valence-electron chi connectivity index (χ4n) is 1.17. The van der Waals surface area contributed by atoms with E-state index in [9.17, 15) is 0 Å². The molecule has 1 heterocycles. The second-order valence-corrected chi connectivity index (χ2v) is 3.63. The van der Waals surface area contributed by atoms with Gasteiger partial charge in [-0.1, -0.05) is 26.0 Å². The number of aromatic nitrogens is 1. The van der Waals surface area contributed by atoms with Crippen LogP contribution < -0.4 is 4.74 Å². The van der Waals surface area contributed by atoms with Gasteiger partial charge in [0.1, 0.15) is 0 Å². The summed E-state index contributed by atoms with van der Waals surface area (Å²) in [6, 6.07) is 3.92. The van der Waals surface area contributed by atoms with Crippen LogP contribution in [-0.2, 0) is 0 Å². The molecule has 0 fully saturated rings. The van der Waals surface area contributed by atoms with Gasteiger partial charge in [0.2, 0.25) is 5.88 Å². The van der Waals surface area contributed by atoms with Gasteiger partial charge >= 0.3 is 0 Å². The number of allylic oxidation sites excluding steroid dienone is 1. The van der Waals surface area contributed by atoms with Gasteiger partial charge in [0.05, 0.1) is 7.11 Å². The number of hydrogen-bond acceptors (Lipinski definition) is 2. The van der Waals surface area contributed by atoms with E-state index in [4.69, 9.17) is 4.74 Å². The summed E-state index contributed by atoms with van der Waals surface area (Å²) in [5.74, 6) is 1.38. The first kappa shape index (κ1) is 10.8. The minimum atomic E-state index is 0.688. The fourth-order valence-corrected chi connectivity index (χ4v) is 1.17. The van der Waals surface area contributed by atoms with Crippen molar-refractivity contribution in [2.24, 2.45) is 5.92 Å². The third-order valence-corrected chi connectivity index (χ3v) is 1.90. The largest absolute Gasteiger partial charge is 0.481 e. The van der Waals surface area contributed by atoms with E-state index in [1.165, 1.54) is 0 Å². The molecule has 0 aliphatic heterocycles. The minimum Gasteiger partial charge on any atom is -0.481 e. The van der Waals surface area contributed by atoms with Gasteiger partial charge < -0.3 is 4.74 Å². The molecule has 1 aromatic heterocycles. The third-order valence-electron chi connectivity index (χ3n) is 1.90. The summed E-state index contributed by atoms with van der Waals surface area (Å²) in [7, 11) is 1.64. The molecule has 2 nitrogen and oxygen atoms in total. The van der Waals surface area contributed by atoms with Crippen LogP contribution >= 0.6 is 0 Å².